The average Bonchev–Trinajstić information content (AvgIpc) is 2.54. The van der Waals surface area contributed by atoms with Crippen molar-refractivity contribution in [3.05, 3.63) is 0 Å². The standard InChI is InChI=1S/C11H20/c1-4-8(2)10-9(3)11(10)6-5-7-11/h8-10H,4-7H2,1-3H3. The highest BCUT2D eigenvalue weighted by Gasteiger charge is 2.65. The lowest BCUT2D eigenvalue weighted by molar-refractivity contribution is 0.222. The van der Waals surface area contributed by atoms with Gasteiger partial charge >= 0.3 is 0 Å². The van der Waals surface area contributed by atoms with Crippen molar-refractivity contribution in [3.63, 3.8) is 0 Å². The fourth-order valence-corrected chi connectivity index (χ4v) is 3.42. The third-order valence-electron chi connectivity index (χ3n) is 4.54. The molecule has 3 atom stereocenters. The Labute approximate surface area is 70.4 Å². The molecule has 64 valence electrons. The molecular weight excluding hydrogens is 132 g/mol. The van der Waals surface area contributed by atoms with E-state index < -0.39 is 0 Å². The zero-order chi connectivity index (χ0) is 8.06. The summed E-state index contributed by atoms with van der Waals surface area (Å²) in [6, 6.07) is 0. The minimum Gasteiger partial charge on any atom is -0.0651 e. The number of rotatable bonds is 2. The Balaban J connectivity index is 1.98. The molecule has 0 N–H and O–H groups in total. The van der Waals surface area contributed by atoms with Crippen LogP contribution in [0.15, 0.2) is 0 Å². The van der Waals surface area contributed by atoms with Gasteiger partial charge in [-0.25, -0.2) is 0 Å². The maximum atomic E-state index is 2.47. The fourth-order valence-electron chi connectivity index (χ4n) is 3.42. The van der Waals surface area contributed by atoms with Crippen molar-refractivity contribution in [1.82, 2.24) is 0 Å². The normalized spacial score (nSPS) is 41.7. The van der Waals surface area contributed by atoms with E-state index in [1.54, 1.807) is 12.8 Å². The second kappa shape index (κ2) is 2.24. The van der Waals surface area contributed by atoms with Crippen LogP contribution in [0, 0.1) is 23.2 Å². The van der Waals surface area contributed by atoms with Crippen LogP contribution in [0.25, 0.3) is 0 Å². The molecular formula is C11H20. The van der Waals surface area contributed by atoms with Gasteiger partial charge in [0.1, 0.15) is 0 Å². The van der Waals surface area contributed by atoms with E-state index in [9.17, 15) is 0 Å². The van der Waals surface area contributed by atoms with Gasteiger partial charge in [-0.15, -0.1) is 0 Å². The van der Waals surface area contributed by atoms with Crippen molar-refractivity contribution in [1.29, 1.82) is 0 Å². The molecule has 0 aromatic rings. The molecule has 0 heterocycles. The van der Waals surface area contributed by atoms with Crippen LogP contribution in [0.5, 0.6) is 0 Å². The Morgan fingerprint density at radius 2 is 2.09 bits per heavy atom. The second-order valence-corrected chi connectivity index (χ2v) is 4.79. The van der Waals surface area contributed by atoms with Crippen molar-refractivity contribution < 1.29 is 0 Å². The van der Waals surface area contributed by atoms with Gasteiger partial charge in [0.15, 0.2) is 0 Å². The second-order valence-electron chi connectivity index (χ2n) is 4.79. The van der Waals surface area contributed by atoms with E-state index >= 15 is 0 Å². The van der Waals surface area contributed by atoms with Crippen LogP contribution in [0.2, 0.25) is 0 Å². The summed E-state index contributed by atoms with van der Waals surface area (Å²) in [5.74, 6) is 3.15. The maximum absolute atomic E-state index is 2.47. The molecule has 0 heteroatoms. The van der Waals surface area contributed by atoms with Crippen molar-refractivity contribution in [3.8, 4) is 0 Å². The zero-order valence-corrected chi connectivity index (χ0v) is 8.06. The van der Waals surface area contributed by atoms with Crippen molar-refractivity contribution in [2.75, 3.05) is 0 Å². The molecule has 2 aliphatic carbocycles. The smallest absolute Gasteiger partial charge is 0.0235 e. The molecule has 0 bridgehead atoms. The van der Waals surface area contributed by atoms with E-state index in [1.807, 2.05) is 0 Å². The van der Waals surface area contributed by atoms with Crippen LogP contribution in [0.3, 0.4) is 0 Å². The summed E-state index contributed by atoms with van der Waals surface area (Å²) >= 11 is 0. The molecule has 2 fully saturated rings. The minimum absolute atomic E-state index is 0.870. The van der Waals surface area contributed by atoms with Crippen molar-refractivity contribution in [2.45, 2.75) is 46.5 Å². The van der Waals surface area contributed by atoms with Crippen LogP contribution in [0.4, 0.5) is 0 Å². The maximum Gasteiger partial charge on any atom is -0.0235 e. The predicted molar refractivity (Wildman–Crippen MR) is 48.4 cm³/mol. The molecule has 2 saturated carbocycles. The molecule has 0 radical (unpaired) electrons. The lowest BCUT2D eigenvalue weighted by Crippen LogP contribution is -2.18. The Morgan fingerprint density at radius 3 is 2.36 bits per heavy atom. The SMILES string of the molecule is CCC(C)C1C(C)C12CCC2. The largest absolute Gasteiger partial charge is 0.0651 e. The van der Waals surface area contributed by atoms with Gasteiger partial charge in [-0.2, -0.15) is 0 Å². The van der Waals surface area contributed by atoms with Crippen LogP contribution < -0.4 is 0 Å². The fraction of sp³-hybridized carbons (Fsp3) is 1.00. The summed E-state index contributed by atoms with van der Waals surface area (Å²) in [7, 11) is 0. The summed E-state index contributed by atoms with van der Waals surface area (Å²) in [6.07, 6.45) is 5.99. The van der Waals surface area contributed by atoms with Gasteiger partial charge in [-0.3, -0.25) is 0 Å². The molecule has 0 amide bonds. The van der Waals surface area contributed by atoms with Gasteiger partial charge in [0, 0.05) is 0 Å². The molecule has 2 rings (SSSR count). The Kier molecular flexibility index (Phi) is 1.56. The van der Waals surface area contributed by atoms with Crippen LogP contribution in [-0.4, -0.2) is 0 Å². The molecule has 2 aliphatic rings. The third-order valence-corrected chi connectivity index (χ3v) is 4.54. The summed E-state index contributed by atoms with van der Waals surface area (Å²) in [4.78, 5) is 0. The van der Waals surface area contributed by atoms with Gasteiger partial charge < -0.3 is 0 Å². The number of hydrogen-bond donors (Lipinski definition) is 0. The van der Waals surface area contributed by atoms with Crippen molar-refractivity contribution in [2.24, 2.45) is 23.2 Å². The van der Waals surface area contributed by atoms with Crippen LogP contribution in [0.1, 0.15) is 46.5 Å². The molecule has 11 heavy (non-hydrogen) atoms. The highest BCUT2D eigenvalue weighted by molar-refractivity contribution is 5.13. The Hall–Kier alpha value is 0. The Bertz CT molecular complexity index is 151. The Morgan fingerprint density at radius 1 is 1.45 bits per heavy atom. The highest BCUT2D eigenvalue weighted by atomic mass is 14.7. The monoisotopic (exact) mass is 152 g/mol. The molecule has 3 unspecified atom stereocenters. The third kappa shape index (κ3) is 0.816. The lowest BCUT2D eigenvalue weighted by atomic mass is 9.76. The van der Waals surface area contributed by atoms with Gasteiger partial charge in [-0.1, -0.05) is 33.6 Å². The van der Waals surface area contributed by atoms with Crippen molar-refractivity contribution >= 4 is 0 Å². The zero-order valence-electron chi connectivity index (χ0n) is 8.06. The van der Waals surface area contributed by atoms with Gasteiger partial charge in [0.25, 0.3) is 0 Å². The first-order valence-electron chi connectivity index (χ1n) is 5.22. The quantitative estimate of drug-likeness (QED) is 0.568. The van der Waals surface area contributed by atoms with E-state index in [1.165, 1.54) is 12.8 Å². The summed E-state index contributed by atoms with van der Waals surface area (Å²) in [5, 5.41) is 0. The first-order chi connectivity index (χ1) is 5.22. The molecule has 0 aromatic carbocycles. The summed E-state index contributed by atoms with van der Waals surface area (Å²) in [6.45, 7) is 7.24. The van der Waals surface area contributed by atoms with Crippen LogP contribution >= 0.6 is 0 Å². The van der Waals surface area contributed by atoms with Gasteiger partial charge in [0.05, 0.1) is 0 Å². The van der Waals surface area contributed by atoms with E-state index in [-0.39, 0.29) is 0 Å². The molecule has 0 nitrogen and oxygen atoms in total. The topological polar surface area (TPSA) is 0 Å². The van der Waals surface area contributed by atoms with Gasteiger partial charge in [-0.05, 0) is 36.0 Å². The average molecular weight is 152 g/mol. The molecule has 1 spiro atoms. The first kappa shape index (κ1) is 7.64. The first-order valence-corrected chi connectivity index (χ1v) is 5.22. The molecule has 0 aliphatic heterocycles. The van der Waals surface area contributed by atoms with E-state index in [4.69, 9.17) is 0 Å². The molecule has 0 saturated heterocycles. The summed E-state index contributed by atoms with van der Waals surface area (Å²) in [5.41, 5.74) is 0.870. The minimum atomic E-state index is 0.870. The van der Waals surface area contributed by atoms with E-state index in [0.717, 1.165) is 23.2 Å². The van der Waals surface area contributed by atoms with E-state index in [2.05, 4.69) is 20.8 Å². The summed E-state index contributed by atoms with van der Waals surface area (Å²) < 4.78 is 0. The predicted octanol–water partition coefficient (Wildman–Crippen LogP) is 3.47. The number of hydrogen-bond acceptors (Lipinski definition) is 0. The highest BCUT2D eigenvalue weighted by Crippen LogP contribution is 2.72. The van der Waals surface area contributed by atoms with Crippen LogP contribution in [-0.2, 0) is 0 Å². The lowest BCUT2D eigenvalue weighted by Gasteiger charge is -2.29. The molecule has 0 aromatic heterocycles. The van der Waals surface area contributed by atoms with Gasteiger partial charge in [0.2, 0.25) is 0 Å². The van der Waals surface area contributed by atoms with E-state index in [0.29, 0.717) is 0 Å².